The first kappa shape index (κ1) is 17.7. The molecule has 3 aromatic rings. The highest BCUT2D eigenvalue weighted by Crippen LogP contribution is 2.21. The fourth-order valence-corrected chi connectivity index (χ4v) is 2.48. The number of para-hydroxylation sites is 1. The lowest BCUT2D eigenvalue weighted by atomic mass is 10.2. The van der Waals surface area contributed by atoms with Gasteiger partial charge < -0.3 is 10.1 Å². The summed E-state index contributed by atoms with van der Waals surface area (Å²) >= 11 is 0. The van der Waals surface area contributed by atoms with Crippen molar-refractivity contribution in [3.05, 3.63) is 54.2 Å². The number of aromatic nitrogens is 2. The van der Waals surface area contributed by atoms with Gasteiger partial charge in [0.25, 0.3) is 0 Å². The number of nitrogens with one attached hydrogen (secondary N) is 2. The molecule has 0 saturated heterocycles. The summed E-state index contributed by atoms with van der Waals surface area (Å²) in [6.45, 7) is 7.44. The number of hydrogen-bond donors (Lipinski definition) is 2. The van der Waals surface area contributed by atoms with E-state index in [1.165, 1.54) is 0 Å². The number of anilines is 3. The van der Waals surface area contributed by atoms with Gasteiger partial charge in [-0.15, -0.1) is 0 Å². The van der Waals surface area contributed by atoms with Crippen LogP contribution in [0, 0.1) is 6.92 Å². The molecule has 6 nitrogen and oxygen atoms in total. The highest BCUT2D eigenvalue weighted by Gasteiger charge is 2.16. The Balaban J connectivity index is 1.71. The molecule has 0 saturated carbocycles. The first-order valence-corrected chi connectivity index (χ1v) is 8.41. The van der Waals surface area contributed by atoms with Gasteiger partial charge in [0.2, 0.25) is 5.95 Å². The standard InChI is InChI=1S/C20H22N4O2/c1-13-16-7-5-6-8-17(16)24-18(21-13)22-14-9-11-15(12-10-14)23-19(25)26-20(2,3)4/h5-12H,1-4H3,(H,23,25)(H,21,22,24). The maximum Gasteiger partial charge on any atom is 0.412 e. The average molecular weight is 350 g/mol. The third kappa shape index (κ3) is 4.47. The van der Waals surface area contributed by atoms with E-state index in [1.54, 1.807) is 12.1 Å². The van der Waals surface area contributed by atoms with E-state index in [9.17, 15) is 4.79 Å². The van der Waals surface area contributed by atoms with Gasteiger partial charge in [-0.25, -0.2) is 14.8 Å². The monoisotopic (exact) mass is 350 g/mol. The summed E-state index contributed by atoms with van der Waals surface area (Å²) < 4.78 is 5.24. The largest absolute Gasteiger partial charge is 0.444 e. The molecule has 0 fully saturated rings. The van der Waals surface area contributed by atoms with Crippen molar-refractivity contribution in [2.45, 2.75) is 33.3 Å². The normalized spacial score (nSPS) is 11.2. The Labute approximate surface area is 152 Å². The third-order valence-corrected chi connectivity index (χ3v) is 3.58. The van der Waals surface area contributed by atoms with Crippen LogP contribution < -0.4 is 10.6 Å². The zero-order valence-electron chi connectivity index (χ0n) is 15.3. The van der Waals surface area contributed by atoms with Crippen molar-refractivity contribution in [1.82, 2.24) is 9.97 Å². The number of amides is 1. The minimum absolute atomic E-state index is 0.480. The van der Waals surface area contributed by atoms with Gasteiger partial charge in [0.1, 0.15) is 5.60 Å². The van der Waals surface area contributed by atoms with Crippen molar-refractivity contribution in [2.75, 3.05) is 10.6 Å². The molecule has 1 aromatic heterocycles. The topological polar surface area (TPSA) is 76.1 Å². The predicted octanol–water partition coefficient (Wildman–Crippen LogP) is 5.03. The second kappa shape index (κ2) is 7.00. The van der Waals surface area contributed by atoms with Gasteiger partial charge in [0, 0.05) is 16.8 Å². The molecule has 2 aromatic carbocycles. The zero-order chi connectivity index (χ0) is 18.7. The van der Waals surface area contributed by atoms with Gasteiger partial charge in [-0.05, 0) is 58.0 Å². The van der Waals surface area contributed by atoms with Crippen LogP contribution >= 0.6 is 0 Å². The molecule has 3 rings (SSSR count). The number of carbonyl (C=O) groups is 1. The Kier molecular flexibility index (Phi) is 4.75. The van der Waals surface area contributed by atoms with E-state index in [0.717, 1.165) is 22.3 Å². The van der Waals surface area contributed by atoms with Crippen molar-refractivity contribution in [3.8, 4) is 0 Å². The fourth-order valence-electron chi connectivity index (χ4n) is 2.48. The summed E-state index contributed by atoms with van der Waals surface area (Å²) in [6.07, 6.45) is -0.480. The molecule has 0 aliphatic heterocycles. The summed E-state index contributed by atoms with van der Waals surface area (Å²) in [5, 5.41) is 6.93. The molecular formula is C20H22N4O2. The maximum atomic E-state index is 11.8. The first-order valence-electron chi connectivity index (χ1n) is 8.41. The highest BCUT2D eigenvalue weighted by atomic mass is 16.6. The van der Waals surface area contributed by atoms with Crippen LogP contribution in [0.2, 0.25) is 0 Å². The number of benzene rings is 2. The van der Waals surface area contributed by atoms with Crippen LogP contribution in [0.3, 0.4) is 0 Å². The molecule has 1 amide bonds. The van der Waals surface area contributed by atoms with Gasteiger partial charge >= 0.3 is 6.09 Å². The summed E-state index contributed by atoms with van der Waals surface area (Å²) in [5.74, 6) is 0.536. The summed E-state index contributed by atoms with van der Waals surface area (Å²) in [6, 6.07) is 15.2. The average Bonchev–Trinajstić information content (AvgIpc) is 2.55. The number of rotatable bonds is 3. The first-order chi connectivity index (χ1) is 12.3. The Bertz CT molecular complexity index is 931. The molecule has 0 bridgehead atoms. The molecule has 1 heterocycles. The SMILES string of the molecule is Cc1nc(Nc2ccc(NC(=O)OC(C)(C)C)cc2)nc2ccccc12. The van der Waals surface area contributed by atoms with E-state index in [4.69, 9.17) is 4.74 Å². The number of carbonyl (C=O) groups excluding carboxylic acids is 1. The van der Waals surface area contributed by atoms with E-state index in [0.29, 0.717) is 11.6 Å². The van der Waals surface area contributed by atoms with Crippen LogP contribution in [-0.2, 0) is 4.74 Å². The number of hydrogen-bond acceptors (Lipinski definition) is 5. The van der Waals surface area contributed by atoms with Gasteiger partial charge in [0.15, 0.2) is 0 Å². The Hall–Kier alpha value is -3.15. The molecule has 0 unspecified atom stereocenters. The van der Waals surface area contributed by atoms with Crippen molar-refractivity contribution < 1.29 is 9.53 Å². The number of aryl methyl sites for hydroxylation is 1. The van der Waals surface area contributed by atoms with E-state index < -0.39 is 11.7 Å². The van der Waals surface area contributed by atoms with Crippen LogP contribution in [0.25, 0.3) is 10.9 Å². The van der Waals surface area contributed by atoms with Crippen molar-refractivity contribution in [1.29, 1.82) is 0 Å². The number of ether oxygens (including phenoxy) is 1. The molecule has 6 heteroatoms. The van der Waals surface area contributed by atoms with Crippen LogP contribution in [0.5, 0.6) is 0 Å². The quantitative estimate of drug-likeness (QED) is 0.693. The lowest BCUT2D eigenvalue weighted by Gasteiger charge is -2.19. The minimum atomic E-state index is -0.531. The van der Waals surface area contributed by atoms with Crippen molar-refractivity contribution >= 4 is 34.3 Å². The molecule has 0 spiro atoms. The molecule has 0 aliphatic carbocycles. The van der Waals surface area contributed by atoms with Crippen molar-refractivity contribution in [2.24, 2.45) is 0 Å². The van der Waals surface area contributed by atoms with E-state index >= 15 is 0 Å². The fraction of sp³-hybridized carbons (Fsp3) is 0.250. The van der Waals surface area contributed by atoms with Gasteiger partial charge in [0.05, 0.1) is 11.2 Å². The molecule has 0 radical (unpaired) electrons. The van der Waals surface area contributed by atoms with Crippen LogP contribution in [-0.4, -0.2) is 21.7 Å². The molecule has 2 N–H and O–H groups in total. The molecule has 26 heavy (non-hydrogen) atoms. The summed E-state index contributed by atoms with van der Waals surface area (Å²) in [5.41, 5.74) is 2.76. The molecule has 134 valence electrons. The maximum absolute atomic E-state index is 11.8. The number of fused-ring (bicyclic) bond motifs is 1. The third-order valence-electron chi connectivity index (χ3n) is 3.58. The molecule has 0 atom stereocenters. The highest BCUT2D eigenvalue weighted by molar-refractivity contribution is 5.85. The Morgan fingerprint density at radius 3 is 2.31 bits per heavy atom. The zero-order valence-corrected chi connectivity index (χ0v) is 15.3. The van der Waals surface area contributed by atoms with Gasteiger partial charge in [-0.3, -0.25) is 5.32 Å². The Morgan fingerprint density at radius 1 is 0.962 bits per heavy atom. The second-order valence-electron chi connectivity index (χ2n) is 6.98. The predicted molar refractivity (Wildman–Crippen MR) is 104 cm³/mol. The van der Waals surface area contributed by atoms with E-state index in [1.807, 2.05) is 64.1 Å². The van der Waals surface area contributed by atoms with E-state index in [-0.39, 0.29) is 0 Å². The number of nitrogens with zero attached hydrogens (tertiary/aromatic N) is 2. The van der Waals surface area contributed by atoms with Crippen LogP contribution in [0.15, 0.2) is 48.5 Å². The Morgan fingerprint density at radius 2 is 1.62 bits per heavy atom. The van der Waals surface area contributed by atoms with Crippen molar-refractivity contribution in [3.63, 3.8) is 0 Å². The molecule has 0 aliphatic rings. The van der Waals surface area contributed by atoms with Gasteiger partial charge in [-0.2, -0.15) is 0 Å². The smallest absolute Gasteiger partial charge is 0.412 e. The minimum Gasteiger partial charge on any atom is -0.444 e. The lowest BCUT2D eigenvalue weighted by Crippen LogP contribution is -2.27. The van der Waals surface area contributed by atoms with E-state index in [2.05, 4.69) is 20.6 Å². The van der Waals surface area contributed by atoms with Crippen LogP contribution in [0.4, 0.5) is 22.1 Å². The summed E-state index contributed by atoms with van der Waals surface area (Å²) in [7, 11) is 0. The molecular weight excluding hydrogens is 328 g/mol. The van der Waals surface area contributed by atoms with Gasteiger partial charge in [-0.1, -0.05) is 18.2 Å². The second-order valence-corrected chi connectivity index (χ2v) is 6.98. The lowest BCUT2D eigenvalue weighted by molar-refractivity contribution is 0.0636. The van der Waals surface area contributed by atoms with Crippen LogP contribution in [0.1, 0.15) is 26.5 Å². The summed E-state index contributed by atoms with van der Waals surface area (Å²) in [4.78, 5) is 20.8.